The molecule has 2 aromatic rings. The molecule has 6 nitrogen and oxygen atoms in total. The van der Waals surface area contributed by atoms with E-state index in [4.69, 9.17) is 9.15 Å². The average Bonchev–Trinajstić information content (AvgIpc) is 3.13. The first-order valence-electron chi connectivity index (χ1n) is 9.50. The quantitative estimate of drug-likeness (QED) is 0.876. The van der Waals surface area contributed by atoms with Gasteiger partial charge in [0.1, 0.15) is 5.58 Å². The lowest BCUT2D eigenvalue weighted by atomic mass is 10.00. The molecule has 3 unspecified atom stereocenters. The Labute approximate surface area is 153 Å². The Hall–Kier alpha value is -1.89. The molecule has 0 saturated carbocycles. The van der Waals surface area contributed by atoms with Gasteiger partial charge in [0.05, 0.1) is 30.1 Å². The van der Waals surface area contributed by atoms with Crippen LogP contribution in [-0.4, -0.2) is 60.4 Å². The molecule has 0 bridgehead atoms. The van der Waals surface area contributed by atoms with E-state index < -0.39 is 6.10 Å². The van der Waals surface area contributed by atoms with Crippen molar-refractivity contribution in [2.45, 2.75) is 43.9 Å². The standard InChI is InChI=1S/C20H26N2O4/c23-18-13-22(12-15-5-1-2-10-25-15)9-7-17(18)21-20(24)16-6-3-4-14-8-11-26-19(14)16/h3-4,6,8,11,15,17-18,23H,1-2,5,7,9-10,12-13H2,(H,21,24). The predicted octanol–water partition coefficient (Wildman–Crippen LogP) is 2.17. The number of ether oxygens (including phenoxy) is 1. The molecule has 2 saturated heterocycles. The highest BCUT2D eigenvalue weighted by atomic mass is 16.5. The number of benzene rings is 1. The van der Waals surface area contributed by atoms with Crippen molar-refractivity contribution in [3.8, 4) is 0 Å². The van der Waals surface area contributed by atoms with Crippen LogP contribution in [0.3, 0.4) is 0 Å². The van der Waals surface area contributed by atoms with Gasteiger partial charge in [-0.1, -0.05) is 12.1 Å². The molecule has 0 radical (unpaired) electrons. The summed E-state index contributed by atoms with van der Waals surface area (Å²) in [7, 11) is 0. The number of nitrogens with zero attached hydrogens (tertiary/aromatic N) is 1. The maximum absolute atomic E-state index is 12.7. The fourth-order valence-electron chi connectivity index (χ4n) is 3.99. The van der Waals surface area contributed by atoms with Crippen molar-refractivity contribution >= 4 is 16.9 Å². The predicted molar refractivity (Wildman–Crippen MR) is 98.1 cm³/mol. The maximum atomic E-state index is 12.7. The van der Waals surface area contributed by atoms with Crippen LogP contribution in [0.15, 0.2) is 34.9 Å². The fourth-order valence-corrected chi connectivity index (χ4v) is 3.99. The molecular weight excluding hydrogens is 332 g/mol. The van der Waals surface area contributed by atoms with Crippen molar-refractivity contribution in [2.75, 3.05) is 26.2 Å². The van der Waals surface area contributed by atoms with E-state index in [0.29, 0.717) is 17.7 Å². The lowest BCUT2D eigenvalue weighted by Gasteiger charge is -2.38. The minimum atomic E-state index is -0.577. The van der Waals surface area contributed by atoms with Gasteiger partial charge in [0.15, 0.2) is 0 Å². The Bertz CT molecular complexity index is 753. The van der Waals surface area contributed by atoms with Crippen molar-refractivity contribution in [3.63, 3.8) is 0 Å². The summed E-state index contributed by atoms with van der Waals surface area (Å²) >= 11 is 0. The Morgan fingerprint density at radius 1 is 1.27 bits per heavy atom. The number of aliphatic hydroxyl groups is 1. The Balaban J connectivity index is 1.34. The third-order valence-corrected chi connectivity index (χ3v) is 5.44. The van der Waals surface area contributed by atoms with E-state index in [1.54, 1.807) is 12.3 Å². The number of amides is 1. The largest absolute Gasteiger partial charge is 0.464 e. The SMILES string of the molecule is O=C(NC1CCN(CC2CCCCO2)CC1O)c1cccc2ccoc12. The van der Waals surface area contributed by atoms with Crippen LogP contribution in [0.4, 0.5) is 0 Å². The molecule has 2 N–H and O–H groups in total. The van der Waals surface area contributed by atoms with Gasteiger partial charge in [0.25, 0.3) is 5.91 Å². The molecule has 1 aromatic carbocycles. The van der Waals surface area contributed by atoms with E-state index >= 15 is 0 Å². The molecule has 1 amide bonds. The van der Waals surface area contributed by atoms with Gasteiger partial charge < -0.3 is 19.6 Å². The molecule has 26 heavy (non-hydrogen) atoms. The summed E-state index contributed by atoms with van der Waals surface area (Å²) in [6, 6.07) is 7.11. The topological polar surface area (TPSA) is 74.9 Å². The molecule has 2 aliphatic rings. The number of piperidine rings is 1. The molecule has 4 rings (SSSR count). The van der Waals surface area contributed by atoms with Crippen LogP contribution in [0.1, 0.15) is 36.0 Å². The minimum Gasteiger partial charge on any atom is -0.464 e. The molecule has 3 heterocycles. The number of β-amino-alcohol motifs (C(OH)–C–C–N with tert-alkyl or cyclic N) is 1. The summed E-state index contributed by atoms with van der Waals surface area (Å²) in [6.07, 6.45) is 5.48. The third-order valence-electron chi connectivity index (χ3n) is 5.44. The van der Waals surface area contributed by atoms with Gasteiger partial charge in [-0.3, -0.25) is 9.69 Å². The number of nitrogens with one attached hydrogen (secondary N) is 1. The molecule has 2 fully saturated rings. The van der Waals surface area contributed by atoms with Crippen molar-refractivity contribution in [3.05, 3.63) is 36.1 Å². The van der Waals surface area contributed by atoms with E-state index in [9.17, 15) is 9.90 Å². The van der Waals surface area contributed by atoms with Crippen LogP contribution in [-0.2, 0) is 4.74 Å². The smallest absolute Gasteiger partial charge is 0.255 e. The highest BCUT2D eigenvalue weighted by Gasteiger charge is 2.31. The minimum absolute atomic E-state index is 0.196. The number of para-hydroxylation sites is 1. The van der Waals surface area contributed by atoms with Crippen LogP contribution in [0, 0.1) is 0 Å². The van der Waals surface area contributed by atoms with Crippen LogP contribution < -0.4 is 5.32 Å². The van der Waals surface area contributed by atoms with E-state index in [0.717, 1.165) is 44.3 Å². The number of likely N-dealkylation sites (tertiary alicyclic amines) is 1. The number of furan rings is 1. The van der Waals surface area contributed by atoms with E-state index in [1.807, 2.05) is 18.2 Å². The van der Waals surface area contributed by atoms with Crippen molar-refractivity contribution < 1.29 is 19.1 Å². The summed E-state index contributed by atoms with van der Waals surface area (Å²) in [5.41, 5.74) is 1.10. The van der Waals surface area contributed by atoms with Crippen LogP contribution in [0.5, 0.6) is 0 Å². The lowest BCUT2D eigenvalue weighted by Crippen LogP contribution is -2.55. The zero-order valence-electron chi connectivity index (χ0n) is 14.9. The highest BCUT2D eigenvalue weighted by molar-refractivity contribution is 6.04. The number of aliphatic hydroxyl groups excluding tert-OH is 1. The van der Waals surface area contributed by atoms with Crippen LogP contribution >= 0.6 is 0 Å². The van der Waals surface area contributed by atoms with Gasteiger partial charge in [-0.2, -0.15) is 0 Å². The number of rotatable bonds is 4. The summed E-state index contributed by atoms with van der Waals surface area (Å²) in [5.74, 6) is -0.196. The number of carbonyl (C=O) groups excluding carboxylic acids is 1. The molecule has 1 aromatic heterocycles. The maximum Gasteiger partial charge on any atom is 0.255 e. The van der Waals surface area contributed by atoms with Gasteiger partial charge in [0, 0.05) is 31.6 Å². The van der Waals surface area contributed by atoms with E-state index in [1.165, 1.54) is 6.42 Å². The second-order valence-corrected chi connectivity index (χ2v) is 7.33. The molecule has 3 atom stereocenters. The molecule has 140 valence electrons. The average molecular weight is 358 g/mol. The van der Waals surface area contributed by atoms with Crippen molar-refractivity contribution in [2.24, 2.45) is 0 Å². The first kappa shape index (κ1) is 17.5. The summed E-state index contributed by atoms with van der Waals surface area (Å²) in [6.45, 7) is 3.13. The Morgan fingerprint density at radius 3 is 3.00 bits per heavy atom. The van der Waals surface area contributed by atoms with Gasteiger partial charge in [0.2, 0.25) is 0 Å². The third kappa shape index (κ3) is 3.77. The van der Waals surface area contributed by atoms with E-state index in [-0.39, 0.29) is 18.1 Å². The number of hydrogen-bond donors (Lipinski definition) is 2. The highest BCUT2D eigenvalue weighted by Crippen LogP contribution is 2.21. The Kier molecular flexibility index (Phi) is 5.24. The van der Waals surface area contributed by atoms with Crippen LogP contribution in [0.2, 0.25) is 0 Å². The van der Waals surface area contributed by atoms with Gasteiger partial charge in [-0.15, -0.1) is 0 Å². The van der Waals surface area contributed by atoms with Crippen molar-refractivity contribution in [1.82, 2.24) is 10.2 Å². The first-order chi connectivity index (χ1) is 12.7. The summed E-state index contributed by atoms with van der Waals surface area (Å²) in [5, 5.41) is 14.4. The number of fused-ring (bicyclic) bond motifs is 1. The fraction of sp³-hybridized carbons (Fsp3) is 0.550. The summed E-state index contributed by atoms with van der Waals surface area (Å²) < 4.78 is 11.2. The van der Waals surface area contributed by atoms with Crippen LogP contribution in [0.25, 0.3) is 11.0 Å². The summed E-state index contributed by atoms with van der Waals surface area (Å²) in [4.78, 5) is 14.9. The molecule has 0 spiro atoms. The molecular formula is C20H26N2O4. The Morgan fingerprint density at radius 2 is 2.19 bits per heavy atom. The zero-order chi connectivity index (χ0) is 17.9. The van der Waals surface area contributed by atoms with Gasteiger partial charge in [-0.25, -0.2) is 0 Å². The lowest BCUT2D eigenvalue weighted by molar-refractivity contribution is -0.0278. The molecule has 0 aliphatic carbocycles. The number of carbonyl (C=O) groups is 1. The molecule has 2 aliphatic heterocycles. The zero-order valence-corrected chi connectivity index (χ0v) is 14.9. The van der Waals surface area contributed by atoms with Gasteiger partial charge >= 0.3 is 0 Å². The second-order valence-electron chi connectivity index (χ2n) is 7.33. The monoisotopic (exact) mass is 358 g/mol. The van der Waals surface area contributed by atoms with E-state index in [2.05, 4.69) is 10.2 Å². The van der Waals surface area contributed by atoms with Crippen molar-refractivity contribution in [1.29, 1.82) is 0 Å². The normalized spacial score (nSPS) is 27.5. The first-order valence-corrected chi connectivity index (χ1v) is 9.50. The number of hydrogen-bond acceptors (Lipinski definition) is 5. The second kappa shape index (κ2) is 7.78. The molecule has 6 heteroatoms. The van der Waals surface area contributed by atoms with Gasteiger partial charge in [-0.05, 0) is 37.8 Å².